The lowest BCUT2D eigenvalue weighted by Crippen LogP contribution is -1.92. The Labute approximate surface area is 252 Å². The monoisotopic (exact) mass is 560 g/mol. The predicted octanol–water partition coefficient (Wildman–Crippen LogP) is 12.3. The van der Waals surface area contributed by atoms with Gasteiger partial charge in [-0.05, 0) is 78.5 Å². The molecule has 0 atom stereocenters. The quantitative estimate of drug-likeness (QED) is 0.155. The van der Waals surface area contributed by atoms with Crippen LogP contribution in [0, 0.1) is 0 Å². The molecule has 0 unspecified atom stereocenters. The lowest BCUT2D eigenvalue weighted by Gasteiger charge is -2.19. The molecule has 0 bridgehead atoms. The van der Waals surface area contributed by atoms with Crippen LogP contribution < -0.4 is 0 Å². The fourth-order valence-electron chi connectivity index (χ4n) is 7.47. The number of furan rings is 2. The van der Waals surface area contributed by atoms with E-state index in [-0.39, 0.29) is 0 Å². The van der Waals surface area contributed by atoms with Gasteiger partial charge in [0.05, 0.1) is 11.6 Å². The molecule has 0 spiro atoms. The van der Waals surface area contributed by atoms with Gasteiger partial charge in [0.1, 0.15) is 16.7 Å². The summed E-state index contributed by atoms with van der Waals surface area (Å²) in [6, 6.07) is 50.1. The molecule has 2 aromatic heterocycles. The van der Waals surface area contributed by atoms with E-state index < -0.39 is 0 Å². The number of benzene rings is 8. The van der Waals surface area contributed by atoms with Crippen molar-refractivity contribution in [3.05, 3.63) is 146 Å². The van der Waals surface area contributed by atoms with Crippen LogP contribution in [0.1, 0.15) is 0 Å². The molecule has 2 heteroatoms. The number of fused-ring (bicyclic) bond motifs is 10. The van der Waals surface area contributed by atoms with E-state index in [0.29, 0.717) is 0 Å². The number of hydrogen-bond acceptors (Lipinski definition) is 2. The van der Waals surface area contributed by atoms with Crippen molar-refractivity contribution in [3.8, 4) is 22.3 Å². The Morgan fingerprint density at radius 3 is 1.59 bits per heavy atom. The van der Waals surface area contributed by atoms with Crippen LogP contribution in [-0.2, 0) is 0 Å². The smallest absolute Gasteiger partial charge is 0.146 e. The number of rotatable bonds is 2. The maximum absolute atomic E-state index is 6.38. The topological polar surface area (TPSA) is 26.3 Å². The van der Waals surface area contributed by atoms with Gasteiger partial charge in [-0.1, -0.05) is 115 Å². The second kappa shape index (κ2) is 8.82. The van der Waals surface area contributed by atoms with Crippen molar-refractivity contribution < 1.29 is 8.83 Å². The molecule has 0 aliphatic heterocycles. The van der Waals surface area contributed by atoms with E-state index in [0.717, 1.165) is 38.5 Å². The average Bonchev–Trinajstić information content (AvgIpc) is 3.72. The largest absolute Gasteiger partial charge is 0.464 e. The summed E-state index contributed by atoms with van der Waals surface area (Å²) < 4.78 is 12.6. The normalized spacial score (nSPS) is 12.1. The van der Waals surface area contributed by atoms with Gasteiger partial charge in [0.2, 0.25) is 0 Å². The van der Waals surface area contributed by atoms with Gasteiger partial charge in [0.15, 0.2) is 0 Å². The molecule has 10 rings (SSSR count). The van der Waals surface area contributed by atoms with E-state index >= 15 is 0 Å². The molecule has 0 fully saturated rings. The molecular weight excluding hydrogens is 536 g/mol. The third-order valence-electron chi connectivity index (χ3n) is 9.32. The van der Waals surface area contributed by atoms with Crippen LogP contribution >= 0.6 is 0 Å². The summed E-state index contributed by atoms with van der Waals surface area (Å²) in [6.07, 6.45) is 1.78. The van der Waals surface area contributed by atoms with Gasteiger partial charge in [0.25, 0.3) is 0 Å². The summed E-state index contributed by atoms with van der Waals surface area (Å²) in [4.78, 5) is 0. The highest BCUT2D eigenvalue weighted by Crippen LogP contribution is 2.49. The molecule has 0 saturated carbocycles. The third-order valence-corrected chi connectivity index (χ3v) is 9.32. The molecule has 0 radical (unpaired) electrons. The fraction of sp³-hybridized carbons (Fsp3) is 0. The number of para-hydroxylation sites is 1. The van der Waals surface area contributed by atoms with E-state index in [9.17, 15) is 0 Å². The Hall–Kier alpha value is -5.86. The highest BCUT2D eigenvalue weighted by molar-refractivity contribution is 6.28. The van der Waals surface area contributed by atoms with Crippen molar-refractivity contribution >= 4 is 76.0 Å². The van der Waals surface area contributed by atoms with Gasteiger partial charge in [-0.25, -0.2) is 0 Å². The summed E-state index contributed by atoms with van der Waals surface area (Å²) in [5.74, 6) is 0. The lowest BCUT2D eigenvalue weighted by molar-refractivity contribution is 0.616. The molecule has 0 N–H and O–H groups in total. The molecule has 2 nitrogen and oxygen atoms in total. The Morgan fingerprint density at radius 2 is 0.886 bits per heavy atom. The van der Waals surface area contributed by atoms with Crippen LogP contribution in [0.4, 0.5) is 0 Å². The number of hydrogen-bond donors (Lipinski definition) is 0. The lowest BCUT2D eigenvalue weighted by atomic mass is 9.83. The molecule has 8 aromatic carbocycles. The second-order valence-electron chi connectivity index (χ2n) is 11.6. The van der Waals surface area contributed by atoms with E-state index in [1.54, 1.807) is 6.26 Å². The van der Waals surface area contributed by atoms with E-state index in [2.05, 4.69) is 121 Å². The van der Waals surface area contributed by atoms with Crippen LogP contribution in [0.25, 0.3) is 98.3 Å². The standard InChI is InChI=1S/C42H24O2/c1-2-12-26-25(11-1)23-35(28-14-4-3-13-27(26)28)39-30-16-5-7-18-32(30)40(33-19-8-6-17-31(33)39)37-24-36-29-15-9-10-20-38(29)44-42(36)34-21-22-43-41(34)37/h1-24H. The Bertz CT molecular complexity index is 2720. The van der Waals surface area contributed by atoms with Gasteiger partial charge in [-0.2, -0.15) is 0 Å². The zero-order valence-electron chi connectivity index (χ0n) is 23.7. The first kappa shape index (κ1) is 23.7. The molecule has 10 aromatic rings. The fourth-order valence-corrected chi connectivity index (χ4v) is 7.47. The van der Waals surface area contributed by atoms with Gasteiger partial charge in [-0.3, -0.25) is 0 Å². The van der Waals surface area contributed by atoms with Crippen LogP contribution in [0.3, 0.4) is 0 Å². The van der Waals surface area contributed by atoms with Gasteiger partial charge < -0.3 is 8.83 Å². The highest BCUT2D eigenvalue weighted by atomic mass is 16.3. The molecular formula is C42H24O2. The van der Waals surface area contributed by atoms with Crippen molar-refractivity contribution in [1.82, 2.24) is 0 Å². The van der Waals surface area contributed by atoms with E-state index in [1.165, 1.54) is 59.8 Å². The van der Waals surface area contributed by atoms with Gasteiger partial charge >= 0.3 is 0 Å². The molecule has 0 aliphatic rings. The van der Waals surface area contributed by atoms with Crippen molar-refractivity contribution in [3.63, 3.8) is 0 Å². The second-order valence-corrected chi connectivity index (χ2v) is 11.6. The minimum Gasteiger partial charge on any atom is -0.464 e. The van der Waals surface area contributed by atoms with Crippen LogP contribution in [-0.4, -0.2) is 0 Å². The minimum atomic E-state index is 0.843. The van der Waals surface area contributed by atoms with Crippen molar-refractivity contribution in [2.24, 2.45) is 0 Å². The van der Waals surface area contributed by atoms with Gasteiger partial charge in [-0.15, -0.1) is 0 Å². The maximum atomic E-state index is 6.38. The Kier molecular flexibility index (Phi) is 4.75. The van der Waals surface area contributed by atoms with E-state index in [4.69, 9.17) is 8.83 Å². The molecule has 2 heterocycles. The molecule has 44 heavy (non-hydrogen) atoms. The Balaban J connectivity index is 1.40. The summed E-state index contributed by atoms with van der Waals surface area (Å²) in [5, 5.41) is 13.1. The summed E-state index contributed by atoms with van der Waals surface area (Å²) in [5.41, 5.74) is 7.35. The van der Waals surface area contributed by atoms with Gasteiger partial charge in [0, 0.05) is 21.9 Å². The maximum Gasteiger partial charge on any atom is 0.146 e. The summed E-state index contributed by atoms with van der Waals surface area (Å²) in [7, 11) is 0. The predicted molar refractivity (Wildman–Crippen MR) is 184 cm³/mol. The first-order valence-corrected chi connectivity index (χ1v) is 15.0. The molecule has 0 amide bonds. The van der Waals surface area contributed by atoms with E-state index in [1.807, 2.05) is 18.2 Å². The Morgan fingerprint density at radius 1 is 0.341 bits per heavy atom. The average molecular weight is 561 g/mol. The summed E-state index contributed by atoms with van der Waals surface area (Å²) >= 11 is 0. The zero-order valence-corrected chi connectivity index (χ0v) is 23.7. The highest BCUT2D eigenvalue weighted by Gasteiger charge is 2.23. The van der Waals surface area contributed by atoms with Crippen molar-refractivity contribution in [2.75, 3.05) is 0 Å². The SMILES string of the molecule is c1ccc2c(c1)cc(-c1c3ccccc3c(-c3cc4c5ccccc5oc4c4ccoc34)c3ccccc13)c1ccccc12. The molecule has 0 aliphatic carbocycles. The first-order valence-electron chi connectivity index (χ1n) is 15.0. The van der Waals surface area contributed by atoms with Crippen LogP contribution in [0.5, 0.6) is 0 Å². The molecule has 0 saturated heterocycles. The van der Waals surface area contributed by atoms with Crippen molar-refractivity contribution in [2.45, 2.75) is 0 Å². The third kappa shape index (κ3) is 3.14. The molecule has 204 valence electrons. The first-order chi connectivity index (χ1) is 21.8. The zero-order chi connectivity index (χ0) is 28.8. The summed E-state index contributed by atoms with van der Waals surface area (Å²) in [6.45, 7) is 0. The minimum absolute atomic E-state index is 0.843. The van der Waals surface area contributed by atoms with Crippen molar-refractivity contribution in [1.29, 1.82) is 0 Å². The van der Waals surface area contributed by atoms with Crippen LogP contribution in [0.15, 0.2) is 155 Å². The van der Waals surface area contributed by atoms with Crippen LogP contribution in [0.2, 0.25) is 0 Å².